The van der Waals surface area contributed by atoms with E-state index in [1.54, 1.807) is 53.0 Å². The molecule has 2 aromatic carbocycles. The molecule has 0 aromatic heterocycles. The van der Waals surface area contributed by atoms with E-state index in [0.717, 1.165) is 12.0 Å². The van der Waals surface area contributed by atoms with Crippen LogP contribution in [0.2, 0.25) is 0 Å². The van der Waals surface area contributed by atoms with Gasteiger partial charge in [0.25, 0.3) is 5.91 Å². The highest BCUT2D eigenvalue weighted by Gasteiger charge is 2.76. The first-order valence-corrected chi connectivity index (χ1v) is 15.3. The summed E-state index contributed by atoms with van der Waals surface area (Å²) in [4.78, 5) is 48.1. The lowest BCUT2D eigenvalue weighted by Gasteiger charge is -2.41. The van der Waals surface area contributed by atoms with Crippen LogP contribution in [0.3, 0.4) is 0 Å². The molecule has 42 heavy (non-hydrogen) atoms. The van der Waals surface area contributed by atoms with Crippen molar-refractivity contribution in [2.75, 3.05) is 38.3 Å². The van der Waals surface area contributed by atoms with Crippen molar-refractivity contribution >= 4 is 35.2 Å². The number of thioether (sulfide) groups is 1. The average molecular weight is 590 g/mol. The van der Waals surface area contributed by atoms with Gasteiger partial charge >= 0.3 is 0 Å². The van der Waals surface area contributed by atoms with Crippen molar-refractivity contribution < 1.29 is 24.2 Å². The highest BCUT2D eigenvalue weighted by molar-refractivity contribution is 8.02. The second-order valence-electron chi connectivity index (χ2n) is 11.2. The summed E-state index contributed by atoms with van der Waals surface area (Å²) in [5.41, 5.74) is 1.66. The summed E-state index contributed by atoms with van der Waals surface area (Å²) in [6.45, 7) is 10.6. The molecule has 3 fully saturated rings. The Morgan fingerprint density at radius 3 is 2.40 bits per heavy atom. The highest BCUT2D eigenvalue weighted by atomic mass is 32.2. The number of methoxy groups -OCH3 is 1. The highest BCUT2D eigenvalue weighted by Crippen LogP contribution is 2.69. The van der Waals surface area contributed by atoms with E-state index in [-0.39, 0.29) is 48.6 Å². The Morgan fingerprint density at radius 2 is 1.79 bits per heavy atom. The molecular weight excluding hydrogens is 550 g/mol. The normalized spacial score (nSPS) is 27.5. The molecule has 9 heteroatoms. The van der Waals surface area contributed by atoms with Gasteiger partial charge in [-0.05, 0) is 42.2 Å². The Balaban J connectivity index is 1.53. The zero-order valence-corrected chi connectivity index (χ0v) is 25.0. The van der Waals surface area contributed by atoms with Crippen molar-refractivity contribution in [1.29, 1.82) is 0 Å². The first-order valence-electron chi connectivity index (χ1n) is 14.4. The number of aliphatic hydroxyl groups excluding tert-OH is 1. The van der Waals surface area contributed by atoms with Crippen molar-refractivity contribution in [2.24, 2.45) is 17.8 Å². The first-order chi connectivity index (χ1) is 20.3. The van der Waals surface area contributed by atoms with Gasteiger partial charge in [-0.25, -0.2) is 0 Å². The fraction of sp³-hybridized carbons (Fsp3) is 0.424. The maximum Gasteiger partial charge on any atom is 0.251 e. The second kappa shape index (κ2) is 12.4. The summed E-state index contributed by atoms with van der Waals surface area (Å²) < 4.78 is 4.52. The number of hydrogen-bond donors (Lipinski definition) is 1. The Bertz CT molecular complexity index is 1330. The van der Waals surface area contributed by atoms with E-state index in [9.17, 15) is 19.5 Å². The van der Waals surface area contributed by atoms with Crippen LogP contribution in [0.1, 0.15) is 18.9 Å². The van der Waals surface area contributed by atoms with Crippen LogP contribution in [-0.4, -0.2) is 82.0 Å². The number of rotatable bonds is 12. The van der Waals surface area contributed by atoms with E-state index in [1.165, 1.54) is 4.90 Å². The predicted molar refractivity (Wildman–Crippen MR) is 165 cm³/mol. The number of β-amino-alcohol motifs (C(OH)–C–C–N with tert-alkyl or cyclic N) is 1. The lowest BCUT2D eigenvalue weighted by Crippen LogP contribution is -2.58. The van der Waals surface area contributed by atoms with Gasteiger partial charge in [-0.1, -0.05) is 49.4 Å². The average Bonchev–Trinajstić information content (AvgIpc) is 3.59. The lowest BCUT2D eigenvalue weighted by atomic mass is 9.65. The van der Waals surface area contributed by atoms with E-state index in [4.69, 9.17) is 4.74 Å². The van der Waals surface area contributed by atoms with E-state index >= 15 is 0 Å². The number of carbonyl (C=O) groups excluding carboxylic acids is 3. The molecule has 1 N–H and O–H groups in total. The van der Waals surface area contributed by atoms with Crippen molar-refractivity contribution in [3.05, 3.63) is 85.5 Å². The van der Waals surface area contributed by atoms with Crippen molar-refractivity contribution in [3.8, 4) is 5.75 Å². The number of nitrogens with zero attached hydrogens (tertiary/aromatic N) is 3. The maximum atomic E-state index is 14.6. The molecule has 0 saturated carbocycles. The molecule has 3 unspecified atom stereocenters. The van der Waals surface area contributed by atoms with Crippen molar-refractivity contribution in [1.82, 2.24) is 9.80 Å². The molecule has 6 atom stereocenters. The third-order valence-electron chi connectivity index (χ3n) is 8.94. The fourth-order valence-electron chi connectivity index (χ4n) is 7.19. The van der Waals surface area contributed by atoms with Gasteiger partial charge < -0.3 is 24.5 Å². The number of aliphatic hydroxyl groups is 1. The van der Waals surface area contributed by atoms with Crippen LogP contribution >= 0.6 is 11.8 Å². The predicted octanol–water partition coefficient (Wildman–Crippen LogP) is 3.76. The monoisotopic (exact) mass is 589 g/mol. The molecule has 3 saturated heterocycles. The largest absolute Gasteiger partial charge is 0.497 e. The third kappa shape index (κ3) is 4.92. The Morgan fingerprint density at radius 1 is 1.10 bits per heavy atom. The van der Waals surface area contributed by atoms with Crippen molar-refractivity contribution in [3.63, 3.8) is 0 Å². The van der Waals surface area contributed by atoms with Crippen LogP contribution in [0.25, 0.3) is 0 Å². The molecule has 0 radical (unpaired) electrons. The van der Waals surface area contributed by atoms with Gasteiger partial charge in [0.2, 0.25) is 11.8 Å². The molecule has 3 heterocycles. The van der Waals surface area contributed by atoms with Gasteiger partial charge in [0.1, 0.15) is 11.8 Å². The summed E-state index contributed by atoms with van der Waals surface area (Å²) in [6, 6.07) is 16.2. The van der Waals surface area contributed by atoms with Gasteiger partial charge in [0, 0.05) is 37.1 Å². The van der Waals surface area contributed by atoms with Gasteiger partial charge in [0.05, 0.1) is 30.3 Å². The molecule has 3 amide bonds. The zero-order valence-electron chi connectivity index (χ0n) is 24.2. The van der Waals surface area contributed by atoms with Crippen LogP contribution in [0, 0.1) is 17.8 Å². The third-order valence-corrected chi connectivity index (χ3v) is 11.0. The van der Waals surface area contributed by atoms with Gasteiger partial charge in [-0.15, -0.1) is 24.9 Å². The molecule has 2 aromatic rings. The summed E-state index contributed by atoms with van der Waals surface area (Å²) in [7, 11) is 1.58. The quantitative estimate of drug-likeness (QED) is 0.380. The van der Waals surface area contributed by atoms with Crippen molar-refractivity contribution in [2.45, 2.75) is 35.9 Å². The van der Waals surface area contributed by atoms with Gasteiger partial charge in [0.15, 0.2) is 0 Å². The van der Waals surface area contributed by atoms with Crippen LogP contribution < -0.4 is 9.64 Å². The van der Waals surface area contributed by atoms with Crippen LogP contribution in [-0.2, 0) is 20.9 Å². The van der Waals surface area contributed by atoms with E-state index in [0.29, 0.717) is 24.5 Å². The summed E-state index contributed by atoms with van der Waals surface area (Å²) >= 11 is 1.63. The minimum atomic E-state index is -0.825. The first kappa shape index (κ1) is 29.9. The fourth-order valence-corrected chi connectivity index (χ4v) is 9.60. The lowest BCUT2D eigenvalue weighted by molar-refractivity contribution is -0.144. The number of amides is 3. The number of benzene rings is 2. The molecule has 222 valence electrons. The Hall–Kier alpha value is -3.56. The van der Waals surface area contributed by atoms with Crippen LogP contribution in [0.5, 0.6) is 5.75 Å². The maximum absolute atomic E-state index is 14.6. The van der Waals surface area contributed by atoms with Crippen LogP contribution in [0.4, 0.5) is 5.69 Å². The molecule has 5 rings (SSSR count). The number of ether oxygens (including phenoxy) is 1. The smallest absolute Gasteiger partial charge is 0.251 e. The summed E-state index contributed by atoms with van der Waals surface area (Å²) in [6.07, 6.45) is 4.11. The van der Waals surface area contributed by atoms with Gasteiger partial charge in [-0.2, -0.15) is 0 Å². The summed E-state index contributed by atoms with van der Waals surface area (Å²) in [5, 5.41) is 9.93. The molecule has 3 aliphatic heterocycles. The molecule has 0 aliphatic carbocycles. The summed E-state index contributed by atoms with van der Waals surface area (Å²) in [5.74, 6) is -1.08. The second-order valence-corrected chi connectivity index (χ2v) is 12.8. The molecule has 1 spiro atoms. The number of anilines is 1. The standard InChI is InChI=1S/C33H39N3O5S/c1-5-16-34(21-23-10-8-7-9-11-23)30(38)27-26-20-22(3)33(42-26)28(27)31(39)36(18-19-37)29(33)32(40)35(17-6-2)24-12-14-25(41-4)15-13-24/h5-15,22,26-29,37H,1-2,16-21H2,3-4H3/t22?,26-,27+,28+,29?,33?/m1/s1. The Labute approximate surface area is 252 Å². The SMILES string of the molecule is C=CCN(Cc1ccccc1)C(=O)[C@@H]1[C@H]2C(=O)N(CCO)C(C(=O)N(CC=C)c3ccc(OC)cc3)C23S[C@@H]1CC3C. The van der Waals surface area contributed by atoms with E-state index in [2.05, 4.69) is 20.1 Å². The van der Waals surface area contributed by atoms with Gasteiger partial charge in [-0.3, -0.25) is 14.4 Å². The number of hydrogen-bond acceptors (Lipinski definition) is 6. The zero-order chi connectivity index (χ0) is 30.0. The number of fused-ring (bicyclic) bond motifs is 1. The number of likely N-dealkylation sites (tertiary alicyclic amines) is 1. The molecule has 2 bridgehead atoms. The molecule has 8 nitrogen and oxygen atoms in total. The van der Waals surface area contributed by atoms with E-state index in [1.807, 2.05) is 42.5 Å². The number of carbonyl (C=O) groups is 3. The Kier molecular flexibility index (Phi) is 8.80. The molecular formula is C33H39N3O5S. The minimum absolute atomic E-state index is 0.0200. The van der Waals surface area contributed by atoms with E-state index < -0.39 is 22.6 Å². The topological polar surface area (TPSA) is 90.4 Å². The molecule has 3 aliphatic rings. The minimum Gasteiger partial charge on any atom is -0.497 e. The van der Waals surface area contributed by atoms with Crippen LogP contribution in [0.15, 0.2) is 79.9 Å².